The van der Waals surface area contributed by atoms with Crippen LogP contribution in [0.15, 0.2) is 18.2 Å². The fourth-order valence-corrected chi connectivity index (χ4v) is 1.12. The molecule has 1 rings (SSSR count). The Morgan fingerprint density at radius 3 is 2.77 bits per heavy atom. The first-order valence-corrected chi connectivity index (χ1v) is 3.83. The van der Waals surface area contributed by atoms with Crippen LogP contribution in [0.5, 0.6) is 0 Å². The number of nitrogens with two attached hydrogens (primary N) is 1. The maximum absolute atomic E-state index is 12.7. The van der Waals surface area contributed by atoms with Gasteiger partial charge in [-0.1, -0.05) is 11.6 Å². The van der Waals surface area contributed by atoms with Crippen molar-refractivity contribution in [3.63, 3.8) is 0 Å². The van der Waals surface area contributed by atoms with Crippen LogP contribution in [0.3, 0.4) is 0 Å². The van der Waals surface area contributed by atoms with Crippen LogP contribution in [-0.4, -0.2) is 11.1 Å². The van der Waals surface area contributed by atoms with Crippen LogP contribution in [0.2, 0.25) is 5.02 Å². The fourth-order valence-electron chi connectivity index (χ4n) is 0.886. The summed E-state index contributed by atoms with van der Waals surface area (Å²) >= 11 is 5.63. The van der Waals surface area contributed by atoms with Crippen LogP contribution in [-0.2, 0) is 4.79 Å². The Labute approximate surface area is 78.9 Å². The Morgan fingerprint density at radius 2 is 2.23 bits per heavy atom. The van der Waals surface area contributed by atoms with Gasteiger partial charge in [0.2, 0.25) is 0 Å². The van der Waals surface area contributed by atoms with Crippen molar-refractivity contribution in [1.82, 2.24) is 0 Å². The molecule has 0 amide bonds. The van der Waals surface area contributed by atoms with Gasteiger partial charge in [-0.3, -0.25) is 4.79 Å². The average molecular weight is 204 g/mol. The van der Waals surface area contributed by atoms with E-state index in [0.717, 1.165) is 12.1 Å². The van der Waals surface area contributed by atoms with E-state index < -0.39 is 17.8 Å². The second-order valence-electron chi connectivity index (χ2n) is 2.48. The topological polar surface area (TPSA) is 63.3 Å². The van der Waals surface area contributed by atoms with Gasteiger partial charge in [0.25, 0.3) is 0 Å². The van der Waals surface area contributed by atoms with Crippen molar-refractivity contribution in [3.8, 4) is 0 Å². The highest BCUT2D eigenvalue weighted by Gasteiger charge is 2.17. The van der Waals surface area contributed by atoms with Crippen molar-refractivity contribution >= 4 is 17.6 Å². The lowest BCUT2D eigenvalue weighted by molar-refractivity contribution is -0.138. The second kappa shape index (κ2) is 3.72. The summed E-state index contributed by atoms with van der Waals surface area (Å²) in [5, 5.41) is 8.69. The standard InChI is InChI=1S/C8H7ClFNO2/c9-6-2-1-4(10)3-5(6)7(11)8(12)13/h1-3,7H,11H2,(H,12,13)/t7-/m0/s1. The Hall–Kier alpha value is -1.13. The van der Waals surface area contributed by atoms with Crippen LogP contribution in [0.1, 0.15) is 11.6 Å². The summed E-state index contributed by atoms with van der Waals surface area (Å²) in [6.07, 6.45) is 0. The molecule has 5 heteroatoms. The highest BCUT2D eigenvalue weighted by Crippen LogP contribution is 2.22. The molecular formula is C8H7ClFNO2. The van der Waals surface area contributed by atoms with Crippen LogP contribution < -0.4 is 5.73 Å². The van der Waals surface area contributed by atoms with Gasteiger partial charge in [0.1, 0.15) is 11.9 Å². The predicted octanol–water partition coefficient (Wildman–Crippen LogP) is 1.56. The van der Waals surface area contributed by atoms with E-state index in [1.165, 1.54) is 6.07 Å². The van der Waals surface area contributed by atoms with E-state index in [-0.39, 0.29) is 10.6 Å². The van der Waals surface area contributed by atoms with Crippen molar-refractivity contribution in [3.05, 3.63) is 34.6 Å². The first kappa shape index (κ1) is 9.95. The molecule has 0 unspecified atom stereocenters. The summed E-state index contributed by atoms with van der Waals surface area (Å²) in [4.78, 5) is 10.5. The molecule has 0 aromatic heterocycles. The molecule has 13 heavy (non-hydrogen) atoms. The molecule has 0 saturated heterocycles. The third kappa shape index (κ3) is 2.17. The van der Waals surface area contributed by atoms with E-state index in [4.69, 9.17) is 22.4 Å². The summed E-state index contributed by atoms with van der Waals surface area (Å²) in [6, 6.07) is 2.14. The zero-order chi connectivity index (χ0) is 10.0. The highest BCUT2D eigenvalue weighted by atomic mass is 35.5. The number of halogens is 2. The normalized spacial score (nSPS) is 12.5. The Balaban J connectivity index is 3.12. The third-order valence-electron chi connectivity index (χ3n) is 1.56. The maximum atomic E-state index is 12.7. The zero-order valence-electron chi connectivity index (χ0n) is 6.50. The molecule has 1 aromatic carbocycles. The van der Waals surface area contributed by atoms with Crippen LogP contribution in [0, 0.1) is 5.82 Å². The van der Waals surface area contributed by atoms with E-state index in [1.807, 2.05) is 0 Å². The van der Waals surface area contributed by atoms with E-state index in [9.17, 15) is 9.18 Å². The Morgan fingerprint density at radius 1 is 1.62 bits per heavy atom. The molecule has 70 valence electrons. The summed E-state index contributed by atoms with van der Waals surface area (Å²) in [5.41, 5.74) is 5.33. The van der Waals surface area contributed by atoms with Gasteiger partial charge < -0.3 is 10.8 Å². The molecule has 3 nitrogen and oxygen atoms in total. The molecule has 0 heterocycles. The quantitative estimate of drug-likeness (QED) is 0.767. The highest BCUT2D eigenvalue weighted by molar-refractivity contribution is 6.31. The molecule has 0 radical (unpaired) electrons. The smallest absolute Gasteiger partial charge is 0.325 e. The lowest BCUT2D eigenvalue weighted by Gasteiger charge is -2.08. The monoisotopic (exact) mass is 203 g/mol. The van der Waals surface area contributed by atoms with Gasteiger partial charge >= 0.3 is 5.97 Å². The van der Waals surface area contributed by atoms with Crippen LogP contribution in [0.4, 0.5) is 4.39 Å². The van der Waals surface area contributed by atoms with Gasteiger partial charge in [0.15, 0.2) is 0 Å². The summed E-state index contributed by atoms with van der Waals surface area (Å²) in [6.45, 7) is 0. The maximum Gasteiger partial charge on any atom is 0.325 e. The molecule has 0 fully saturated rings. The predicted molar refractivity (Wildman–Crippen MR) is 46.0 cm³/mol. The number of carbonyl (C=O) groups is 1. The molecular weight excluding hydrogens is 197 g/mol. The van der Waals surface area contributed by atoms with Crippen molar-refractivity contribution in [2.75, 3.05) is 0 Å². The van der Waals surface area contributed by atoms with E-state index in [0.29, 0.717) is 0 Å². The van der Waals surface area contributed by atoms with E-state index in [2.05, 4.69) is 0 Å². The van der Waals surface area contributed by atoms with Crippen molar-refractivity contribution in [2.45, 2.75) is 6.04 Å². The fraction of sp³-hybridized carbons (Fsp3) is 0.125. The molecule has 0 saturated carbocycles. The molecule has 0 bridgehead atoms. The van der Waals surface area contributed by atoms with Crippen molar-refractivity contribution in [1.29, 1.82) is 0 Å². The number of aliphatic carboxylic acids is 1. The zero-order valence-corrected chi connectivity index (χ0v) is 7.25. The van der Waals surface area contributed by atoms with Gasteiger partial charge in [-0.25, -0.2) is 4.39 Å². The first-order valence-electron chi connectivity index (χ1n) is 3.45. The lowest BCUT2D eigenvalue weighted by Crippen LogP contribution is -2.21. The SMILES string of the molecule is N[C@H](C(=O)O)c1cc(F)ccc1Cl. The number of rotatable bonds is 2. The third-order valence-corrected chi connectivity index (χ3v) is 1.90. The number of carboxylic acids is 1. The number of carboxylic acid groups (broad SMARTS) is 1. The summed E-state index contributed by atoms with van der Waals surface area (Å²) in [7, 11) is 0. The Bertz CT molecular complexity index is 343. The minimum atomic E-state index is -1.29. The van der Waals surface area contributed by atoms with Gasteiger partial charge in [-0.15, -0.1) is 0 Å². The molecule has 0 aliphatic heterocycles. The molecule has 0 spiro atoms. The summed E-state index contributed by atoms with van der Waals surface area (Å²) in [5.74, 6) is -1.80. The van der Waals surface area contributed by atoms with Gasteiger partial charge in [0.05, 0.1) is 0 Å². The number of benzene rings is 1. The van der Waals surface area contributed by atoms with Gasteiger partial charge in [-0.05, 0) is 18.2 Å². The second-order valence-corrected chi connectivity index (χ2v) is 2.89. The lowest BCUT2D eigenvalue weighted by atomic mass is 10.1. The van der Waals surface area contributed by atoms with Crippen LogP contribution in [0.25, 0.3) is 0 Å². The molecule has 0 aliphatic carbocycles. The van der Waals surface area contributed by atoms with Crippen molar-refractivity contribution in [2.24, 2.45) is 5.73 Å². The van der Waals surface area contributed by atoms with Crippen molar-refractivity contribution < 1.29 is 14.3 Å². The largest absolute Gasteiger partial charge is 0.480 e. The average Bonchev–Trinajstić information content (AvgIpc) is 2.08. The van der Waals surface area contributed by atoms with E-state index in [1.54, 1.807) is 0 Å². The van der Waals surface area contributed by atoms with Gasteiger partial charge in [-0.2, -0.15) is 0 Å². The molecule has 1 aromatic rings. The molecule has 3 N–H and O–H groups in total. The molecule has 1 atom stereocenters. The van der Waals surface area contributed by atoms with Gasteiger partial charge in [0, 0.05) is 10.6 Å². The van der Waals surface area contributed by atoms with E-state index >= 15 is 0 Å². The minimum Gasteiger partial charge on any atom is -0.480 e. The number of hydrogen-bond donors (Lipinski definition) is 2. The Kier molecular flexibility index (Phi) is 2.85. The molecule has 0 aliphatic rings. The minimum absolute atomic E-state index is 0.0779. The van der Waals surface area contributed by atoms with Crippen LogP contribution >= 0.6 is 11.6 Å². The summed E-state index contributed by atoms with van der Waals surface area (Å²) < 4.78 is 12.7. The number of hydrogen-bond acceptors (Lipinski definition) is 2. The first-order chi connectivity index (χ1) is 6.02.